The van der Waals surface area contributed by atoms with E-state index in [1.165, 1.54) is 0 Å². The summed E-state index contributed by atoms with van der Waals surface area (Å²) in [5, 5.41) is 0. The fourth-order valence-corrected chi connectivity index (χ4v) is 2.94. The summed E-state index contributed by atoms with van der Waals surface area (Å²) in [6.07, 6.45) is 2.30. The number of hydrogen-bond acceptors (Lipinski definition) is 5. The topological polar surface area (TPSA) is 81.6 Å². The second-order valence-corrected chi connectivity index (χ2v) is 5.50. The van der Waals surface area contributed by atoms with Crippen LogP contribution < -0.4 is 9.44 Å². The highest BCUT2D eigenvalue weighted by Crippen LogP contribution is 2.42. The molecule has 5 nitrogen and oxygen atoms in total. The monoisotopic (exact) mass is 239 g/mol. The molecular weight excluding hydrogens is 228 g/mol. The van der Waals surface area contributed by atoms with Gasteiger partial charge in [0.25, 0.3) is 0 Å². The van der Waals surface area contributed by atoms with Crippen molar-refractivity contribution < 1.29 is 13.9 Å². The van der Waals surface area contributed by atoms with Gasteiger partial charge in [0.1, 0.15) is 0 Å². The number of anilines is 1. The van der Waals surface area contributed by atoms with Gasteiger partial charge in [-0.25, -0.2) is 0 Å². The summed E-state index contributed by atoms with van der Waals surface area (Å²) in [7, 11) is -2.95. The molecule has 85 valence electrons. The average molecular weight is 239 g/mol. The predicted octanol–water partition coefficient (Wildman–Crippen LogP) is 1.73. The highest BCUT2D eigenvalue weighted by molar-refractivity contribution is 8.23. The van der Waals surface area contributed by atoms with Crippen LogP contribution in [0.15, 0.2) is 12.1 Å². The highest BCUT2D eigenvalue weighted by Gasteiger charge is 2.26. The minimum absolute atomic E-state index is 0.00890. The smallest absolute Gasteiger partial charge is 0.167 e. The highest BCUT2D eigenvalue weighted by atomic mass is 32.3. The maximum atomic E-state index is 11.5. The van der Waals surface area contributed by atoms with Gasteiger partial charge in [0.15, 0.2) is 5.78 Å². The quantitative estimate of drug-likeness (QED) is 0.554. The molecule has 3 rings (SSSR count). The lowest BCUT2D eigenvalue weighted by molar-refractivity contribution is 0.103. The molecule has 1 heterocycles. The molecule has 1 radical (unpaired) electrons. The predicted molar refractivity (Wildman–Crippen MR) is 62.1 cm³/mol. The summed E-state index contributed by atoms with van der Waals surface area (Å²) >= 11 is 0. The van der Waals surface area contributed by atoms with Crippen LogP contribution in [0.25, 0.3) is 0 Å². The summed E-state index contributed by atoms with van der Waals surface area (Å²) in [4.78, 5) is 11.5. The number of benzene rings is 1. The SMILES string of the molecule is O=C1[CH]Cc2cc3c(cc21)NS(O)(O)NC3. The molecule has 1 aliphatic carbocycles. The molecular formula is C10H11N2O3S. The number of Topliss-reactive ketones (excluding diaryl/α,β-unsaturated/α-hetero) is 1. The Bertz CT molecular complexity index is 487. The van der Waals surface area contributed by atoms with E-state index in [9.17, 15) is 13.9 Å². The molecule has 2 aliphatic rings. The standard InChI is InChI=1S/C10H11N2O3S/c13-10-2-1-6-3-7-5-11-16(14,15)12-9(7)4-8(6)10/h2-4,11-12,14-15H,1,5H2. The van der Waals surface area contributed by atoms with E-state index in [2.05, 4.69) is 9.44 Å². The molecule has 1 aromatic carbocycles. The molecule has 0 unspecified atom stereocenters. The summed E-state index contributed by atoms with van der Waals surface area (Å²) in [5.41, 5.74) is 3.24. The molecule has 0 bridgehead atoms. The summed E-state index contributed by atoms with van der Waals surface area (Å²) in [6.45, 7) is 0.395. The van der Waals surface area contributed by atoms with Crippen LogP contribution in [0.5, 0.6) is 0 Å². The van der Waals surface area contributed by atoms with Crippen molar-refractivity contribution in [3.05, 3.63) is 35.2 Å². The number of carbonyl (C=O) groups is 1. The molecule has 0 spiro atoms. The zero-order valence-electron chi connectivity index (χ0n) is 8.36. The van der Waals surface area contributed by atoms with Crippen molar-refractivity contribution in [3.63, 3.8) is 0 Å². The van der Waals surface area contributed by atoms with Crippen molar-refractivity contribution in [1.29, 1.82) is 0 Å². The van der Waals surface area contributed by atoms with E-state index in [0.29, 0.717) is 24.2 Å². The van der Waals surface area contributed by atoms with Crippen LogP contribution in [-0.4, -0.2) is 14.9 Å². The number of ketones is 1. The van der Waals surface area contributed by atoms with Crippen molar-refractivity contribution in [2.45, 2.75) is 13.0 Å². The molecule has 0 saturated heterocycles. The first kappa shape index (κ1) is 10.1. The minimum Gasteiger partial charge on any atom is -0.294 e. The number of fused-ring (bicyclic) bond motifs is 2. The molecule has 0 atom stereocenters. The number of rotatable bonds is 0. The lowest BCUT2D eigenvalue weighted by atomic mass is 10.0. The number of hydrogen-bond donors (Lipinski definition) is 4. The van der Waals surface area contributed by atoms with Crippen LogP contribution in [0.2, 0.25) is 0 Å². The normalized spacial score (nSPS) is 23.2. The van der Waals surface area contributed by atoms with Gasteiger partial charge < -0.3 is 0 Å². The van der Waals surface area contributed by atoms with E-state index >= 15 is 0 Å². The van der Waals surface area contributed by atoms with E-state index in [4.69, 9.17) is 0 Å². The molecule has 6 heteroatoms. The molecule has 0 fully saturated rings. The van der Waals surface area contributed by atoms with Crippen molar-refractivity contribution in [2.24, 2.45) is 0 Å². The van der Waals surface area contributed by atoms with E-state index in [1.54, 1.807) is 12.5 Å². The average Bonchev–Trinajstić information content (AvgIpc) is 2.56. The maximum Gasteiger partial charge on any atom is 0.167 e. The van der Waals surface area contributed by atoms with Gasteiger partial charge in [-0.15, -0.1) is 0 Å². The third-order valence-electron chi connectivity index (χ3n) is 2.82. The molecule has 1 aliphatic heterocycles. The lowest BCUT2D eigenvalue weighted by Crippen LogP contribution is -2.30. The van der Waals surface area contributed by atoms with Crippen molar-refractivity contribution in [1.82, 2.24) is 4.72 Å². The molecule has 0 saturated carbocycles. The van der Waals surface area contributed by atoms with Crippen molar-refractivity contribution >= 4 is 22.4 Å². The second-order valence-electron chi connectivity index (χ2n) is 3.91. The van der Waals surface area contributed by atoms with Crippen molar-refractivity contribution in [3.8, 4) is 0 Å². The van der Waals surface area contributed by atoms with Crippen LogP contribution in [0.1, 0.15) is 21.5 Å². The van der Waals surface area contributed by atoms with E-state index in [1.807, 2.05) is 6.07 Å². The second kappa shape index (κ2) is 3.21. The van der Waals surface area contributed by atoms with Gasteiger partial charge in [-0.3, -0.25) is 18.6 Å². The van der Waals surface area contributed by atoms with E-state index in [0.717, 1.165) is 11.1 Å². The third kappa shape index (κ3) is 1.51. The van der Waals surface area contributed by atoms with Gasteiger partial charge in [-0.05, 0) is 23.6 Å². The van der Waals surface area contributed by atoms with Gasteiger partial charge in [-0.1, -0.05) is 17.0 Å². The Morgan fingerprint density at radius 1 is 1.25 bits per heavy atom. The van der Waals surface area contributed by atoms with Gasteiger partial charge in [0.2, 0.25) is 0 Å². The summed E-state index contributed by atoms with van der Waals surface area (Å²) in [5.74, 6) is 0.00890. The molecule has 0 amide bonds. The van der Waals surface area contributed by atoms with Gasteiger partial charge in [-0.2, -0.15) is 4.72 Å². The van der Waals surface area contributed by atoms with Gasteiger partial charge in [0.05, 0.1) is 5.69 Å². The maximum absolute atomic E-state index is 11.5. The van der Waals surface area contributed by atoms with Crippen LogP contribution in [-0.2, 0) is 13.0 Å². The van der Waals surface area contributed by atoms with Crippen molar-refractivity contribution in [2.75, 3.05) is 4.72 Å². The Balaban J connectivity index is 2.09. The van der Waals surface area contributed by atoms with E-state index in [-0.39, 0.29) is 5.78 Å². The number of nitrogens with one attached hydrogen (secondary N) is 2. The summed E-state index contributed by atoms with van der Waals surface area (Å²) in [6, 6.07) is 3.63. The first-order valence-electron chi connectivity index (χ1n) is 4.89. The first-order chi connectivity index (χ1) is 7.55. The minimum atomic E-state index is -2.95. The largest absolute Gasteiger partial charge is 0.294 e. The van der Waals surface area contributed by atoms with Crippen LogP contribution in [0.3, 0.4) is 0 Å². The van der Waals surface area contributed by atoms with Crippen LogP contribution >= 0.6 is 11.0 Å². The number of carbonyl (C=O) groups excluding carboxylic acids is 1. The molecule has 16 heavy (non-hydrogen) atoms. The molecule has 4 N–H and O–H groups in total. The van der Waals surface area contributed by atoms with Crippen LogP contribution in [0.4, 0.5) is 5.69 Å². The fourth-order valence-electron chi connectivity index (χ4n) is 2.02. The van der Waals surface area contributed by atoms with Gasteiger partial charge in [0, 0.05) is 18.5 Å². The van der Waals surface area contributed by atoms with Crippen LogP contribution in [0, 0.1) is 6.42 Å². The Kier molecular flexibility index (Phi) is 2.02. The third-order valence-corrected chi connectivity index (χ3v) is 3.87. The Hall–Kier alpha value is -1.08. The Morgan fingerprint density at radius 2 is 2.06 bits per heavy atom. The van der Waals surface area contributed by atoms with E-state index < -0.39 is 11.0 Å². The summed E-state index contributed by atoms with van der Waals surface area (Å²) < 4.78 is 24.1. The zero-order chi connectivity index (χ0) is 11.3. The Labute approximate surface area is 94.5 Å². The van der Waals surface area contributed by atoms with Gasteiger partial charge >= 0.3 is 0 Å². The zero-order valence-corrected chi connectivity index (χ0v) is 9.17. The Morgan fingerprint density at radius 3 is 2.88 bits per heavy atom. The molecule has 0 aromatic heterocycles. The fraction of sp³-hybridized carbons (Fsp3) is 0.200. The lowest BCUT2D eigenvalue weighted by Gasteiger charge is -2.38. The molecule has 1 aromatic rings. The first-order valence-corrected chi connectivity index (χ1v) is 6.44.